The van der Waals surface area contributed by atoms with E-state index in [2.05, 4.69) is 15.6 Å². The smallest absolute Gasteiger partial charge is 0.419 e. The Kier molecular flexibility index (Phi) is 8.99. The van der Waals surface area contributed by atoms with Crippen molar-refractivity contribution in [1.82, 2.24) is 10.6 Å². The van der Waals surface area contributed by atoms with Gasteiger partial charge in [0.2, 0.25) is 0 Å². The van der Waals surface area contributed by atoms with E-state index in [1.54, 1.807) is 0 Å². The zero-order valence-electron chi connectivity index (χ0n) is 13.9. The van der Waals surface area contributed by atoms with Crippen molar-refractivity contribution in [3.63, 3.8) is 0 Å². The zero-order chi connectivity index (χ0) is 17.8. The lowest BCUT2D eigenvalue weighted by molar-refractivity contribution is -0.138. The molecule has 0 unspecified atom stereocenters. The number of halogens is 3. The van der Waals surface area contributed by atoms with Gasteiger partial charge in [0, 0.05) is 13.2 Å². The molecule has 136 valence electrons. The summed E-state index contributed by atoms with van der Waals surface area (Å²) in [5.41, 5.74) is -0.776. The molecule has 0 saturated carbocycles. The fourth-order valence-electron chi connectivity index (χ4n) is 1.87. The molecule has 0 spiro atoms. The lowest BCUT2D eigenvalue weighted by atomic mass is 10.2. The van der Waals surface area contributed by atoms with Crippen molar-refractivity contribution in [2.45, 2.75) is 20.0 Å². The minimum atomic E-state index is -4.43. The Labute approximate surface area is 140 Å². The first kappa shape index (κ1) is 20.1. The van der Waals surface area contributed by atoms with Crippen LogP contribution < -0.4 is 15.4 Å². The molecular formula is C16H24F3N3O2. The van der Waals surface area contributed by atoms with Crippen LogP contribution in [0.2, 0.25) is 0 Å². The summed E-state index contributed by atoms with van der Waals surface area (Å²) in [7, 11) is 0. The van der Waals surface area contributed by atoms with E-state index in [1.165, 1.54) is 18.2 Å². The van der Waals surface area contributed by atoms with Gasteiger partial charge in [-0.05, 0) is 26.0 Å². The number of guanidine groups is 1. The Hall–Kier alpha value is -1.96. The number of aliphatic imine (C=N–C) groups is 1. The monoisotopic (exact) mass is 347 g/mol. The highest BCUT2D eigenvalue weighted by Gasteiger charge is 2.33. The van der Waals surface area contributed by atoms with E-state index in [0.29, 0.717) is 38.8 Å². The summed E-state index contributed by atoms with van der Waals surface area (Å²) >= 11 is 0. The van der Waals surface area contributed by atoms with Gasteiger partial charge in [-0.3, -0.25) is 4.99 Å². The lowest BCUT2D eigenvalue weighted by Crippen LogP contribution is -2.39. The van der Waals surface area contributed by atoms with Crippen LogP contribution in [-0.4, -0.2) is 45.4 Å². The number of hydrogen-bond acceptors (Lipinski definition) is 3. The van der Waals surface area contributed by atoms with E-state index in [-0.39, 0.29) is 12.4 Å². The van der Waals surface area contributed by atoms with Crippen LogP contribution >= 0.6 is 0 Å². The van der Waals surface area contributed by atoms with Gasteiger partial charge in [-0.2, -0.15) is 13.2 Å². The van der Waals surface area contributed by atoms with Gasteiger partial charge < -0.3 is 20.1 Å². The van der Waals surface area contributed by atoms with Crippen molar-refractivity contribution in [3.05, 3.63) is 29.8 Å². The van der Waals surface area contributed by atoms with Crippen LogP contribution in [0.4, 0.5) is 13.2 Å². The van der Waals surface area contributed by atoms with Crippen LogP contribution in [-0.2, 0) is 10.9 Å². The first-order valence-corrected chi connectivity index (χ1v) is 7.88. The fraction of sp³-hybridized carbons (Fsp3) is 0.562. The number of nitrogens with zero attached hydrogens (tertiary/aromatic N) is 1. The summed E-state index contributed by atoms with van der Waals surface area (Å²) in [4.78, 5) is 4.29. The molecule has 0 bridgehead atoms. The highest BCUT2D eigenvalue weighted by molar-refractivity contribution is 5.79. The topological polar surface area (TPSA) is 54.9 Å². The van der Waals surface area contributed by atoms with Crippen LogP contribution in [0.3, 0.4) is 0 Å². The zero-order valence-corrected chi connectivity index (χ0v) is 13.9. The van der Waals surface area contributed by atoms with Crippen molar-refractivity contribution in [3.8, 4) is 5.75 Å². The molecule has 1 rings (SSSR count). The molecule has 2 N–H and O–H groups in total. The summed E-state index contributed by atoms with van der Waals surface area (Å²) in [6.07, 6.45) is -4.43. The number of ether oxygens (including phenoxy) is 2. The van der Waals surface area contributed by atoms with Gasteiger partial charge in [0.1, 0.15) is 12.4 Å². The van der Waals surface area contributed by atoms with Crippen LogP contribution in [0, 0.1) is 0 Å². The SMILES string of the molecule is CCNC(=NCCOCC)NCCOc1ccccc1C(F)(F)F. The molecule has 0 radical (unpaired) electrons. The fourth-order valence-corrected chi connectivity index (χ4v) is 1.87. The molecule has 5 nitrogen and oxygen atoms in total. The maximum atomic E-state index is 12.9. The van der Waals surface area contributed by atoms with Crippen LogP contribution in [0.25, 0.3) is 0 Å². The van der Waals surface area contributed by atoms with E-state index in [1.807, 2.05) is 13.8 Å². The summed E-state index contributed by atoms with van der Waals surface area (Å²) in [6.45, 7) is 6.57. The maximum absolute atomic E-state index is 12.9. The molecule has 0 aromatic heterocycles. The van der Waals surface area contributed by atoms with Crippen molar-refractivity contribution < 1.29 is 22.6 Å². The summed E-state index contributed by atoms with van der Waals surface area (Å²) < 4.78 is 49.0. The van der Waals surface area contributed by atoms with E-state index in [0.717, 1.165) is 6.07 Å². The minimum absolute atomic E-state index is 0.0863. The van der Waals surface area contributed by atoms with E-state index in [9.17, 15) is 13.2 Å². The lowest BCUT2D eigenvalue weighted by Gasteiger charge is -2.15. The second-order valence-corrected chi connectivity index (χ2v) is 4.73. The third-order valence-corrected chi connectivity index (χ3v) is 2.90. The Morgan fingerprint density at radius 2 is 1.88 bits per heavy atom. The summed E-state index contributed by atoms with van der Waals surface area (Å²) in [5.74, 6) is 0.398. The molecule has 0 aliphatic heterocycles. The van der Waals surface area contributed by atoms with E-state index in [4.69, 9.17) is 9.47 Å². The highest BCUT2D eigenvalue weighted by atomic mass is 19.4. The Bertz CT molecular complexity index is 508. The standard InChI is InChI=1S/C16H24F3N3O2/c1-3-20-15(21-9-11-23-4-2)22-10-12-24-14-8-6-5-7-13(14)16(17,18)19/h5-8H,3-4,9-12H2,1-2H3,(H2,20,21,22). The number of para-hydroxylation sites is 1. The molecule has 0 amide bonds. The Balaban J connectivity index is 2.46. The molecule has 0 saturated heterocycles. The number of nitrogens with one attached hydrogen (secondary N) is 2. The van der Waals surface area contributed by atoms with Crippen LogP contribution in [0.1, 0.15) is 19.4 Å². The van der Waals surface area contributed by atoms with Crippen LogP contribution in [0.5, 0.6) is 5.75 Å². The highest BCUT2D eigenvalue weighted by Crippen LogP contribution is 2.35. The number of hydrogen-bond donors (Lipinski definition) is 2. The first-order chi connectivity index (χ1) is 11.5. The number of rotatable bonds is 9. The summed E-state index contributed by atoms with van der Waals surface area (Å²) in [6, 6.07) is 5.16. The molecule has 0 heterocycles. The van der Waals surface area contributed by atoms with Crippen molar-refractivity contribution in [2.24, 2.45) is 4.99 Å². The van der Waals surface area contributed by atoms with Crippen LogP contribution in [0.15, 0.2) is 29.3 Å². The van der Waals surface area contributed by atoms with Crippen molar-refractivity contribution >= 4 is 5.96 Å². The molecule has 0 fully saturated rings. The van der Waals surface area contributed by atoms with Gasteiger partial charge in [0.15, 0.2) is 5.96 Å². The molecule has 8 heteroatoms. The predicted molar refractivity (Wildman–Crippen MR) is 87.4 cm³/mol. The minimum Gasteiger partial charge on any atom is -0.491 e. The molecule has 1 aromatic carbocycles. The van der Waals surface area contributed by atoms with E-state index < -0.39 is 11.7 Å². The number of alkyl halides is 3. The van der Waals surface area contributed by atoms with Gasteiger partial charge in [-0.25, -0.2) is 0 Å². The first-order valence-electron chi connectivity index (χ1n) is 7.88. The van der Waals surface area contributed by atoms with Gasteiger partial charge in [0.05, 0.1) is 25.3 Å². The Morgan fingerprint density at radius 1 is 1.12 bits per heavy atom. The van der Waals surface area contributed by atoms with Crippen molar-refractivity contribution in [1.29, 1.82) is 0 Å². The Morgan fingerprint density at radius 3 is 2.54 bits per heavy atom. The average Bonchev–Trinajstić information content (AvgIpc) is 2.55. The average molecular weight is 347 g/mol. The molecule has 0 aliphatic carbocycles. The third-order valence-electron chi connectivity index (χ3n) is 2.90. The molecule has 0 atom stereocenters. The molecule has 24 heavy (non-hydrogen) atoms. The van der Waals surface area contributed by atoms with Gasteiger partial charge in [0.25, 0.3) is 0 Å². The quantitative estimate of drug-likeness (QED) is 0.410. The van der Waals surface area contributed by atoms with Gasteiger partial charge in [-0.15, -0.1) is 0 Å². The van der Waals surface area contributed by atoms with Crippen molar-refractivity contribution in [2.75, 3.05) is 39.5 Å². The second kappa shape index (κ2) is 10.7. The van der Waals surface area contributed by atoms with Gasteiger partial charge in [-0.1, -0.05) is 12.1 Å². The third kappa shape index (κ3) is 7.54. The molecule has 1 aromatic rings. The largest absolute Gasteiger partial charge is 0.491 e. The normalized spacial score (nSPS) is 12.1. The van der Waals surface area contributed by atoms with E-state index >= 15 is 0 Å². The summed E-state index contributed by atoms with van der Waals surface area (Å²) in [5, 5.41) is 6.04. The predicted octanol–water partition coefficient (Wildman–Crippen LogP) is 2.68. The molecule has 0 aliphatic rings. The number of benzene rings is 1. The molecular weight excluding hydrogens is 323 g/mol. The second-order valence-electron chi connectivity index (χ2n) is 4.73. The maximum Gasteiger partial charge on any atom is 0.419 e. The van der Waals surface area contributed by atoms with Gasteiger partial charge >= 0.3 is 6.18 Å².